The predicted molar refractivity (Wildman–Crippen MR) is 104 cm³/mol. The lowest BCUT2D eigenvalue weighted by Gasteiger charge is -2.03. The smallest absolute Gasteiger partial charge is 0.335 e. The molecule has 2 aromatic carbocycles. The fraction of sp³-hybridized carbons (Fsp3) is 0.136. The number of benzene rings is 2. The van der Waals surface area contributed by atoms with Crippen molar-refractivity contribution >= 4 is 24.5 Å². The molecule has 144 valence electrons. The van der Waals surface area contributed by atoms with Crippen LogP contribution in [0.3, 0.4) is 0 Å². The van der Waals surface area contributed by atoms with Gasteiger partial charge in [0.15, 0.2) is 0 Å². The molecule has 0 spiro atoms. The Morgan fingerprint density at radius 1 is 0.929 bits per heavy atom. The molecule has 0 aliphatic heterocycles. The number of aliphatic carboxylic acids is 1. The van der Waals surface area contributed by atoms with Crippen molar-refractivity contribution in [1.29, 1.82) is 0 Å². The minimum atomic E-state index is -0.975. The topological polar surface area (TPSA) is 101 Å². The van der Waals surface area contributed by atoms with E-state index in [2.05, 4.69) is 0 Å². The fourth-order valence-corrected chi connectivity index (χ4v) is 2.45. The van der Waals surface area contributed by atoms with Crippen molar-refractivity contribution in [3.63, 3.8) is 0 Å². The third kappa shape index (κ3) is 6.92. The van der Waals surface area contributed by atoms with Gasteiger partial charge in [-0.25, -0.2) is 4.79 Å². The summed E-state index contributed by atoms with van der Waals surface area (Å²) in [6.07, 6.45) is 6.59. The Labute approximate surface area is 162 Å². The Hall–Kier alpha value is -3.67. The van der Waals surface area contributed by atoms with Gasteiger partial charge in [0.05, 0.1) is 5.56 Å². The lowest BCUT2D eigenvalue weighted by atomic mass is 10.0. The van der Waals surface area contributed by atoms with Crippen LogP contribution in [-0.2, 0) is 16.0 Å². The van der Waals surface area contributed by atoms with Gasteiger partial charge in [-0.1, -0.05) is 48.1 Å². The summed E-state index contributed by atoms with van der Waals surface area (Å²) in [6.45, 7) is 0.362. The number of aromatic carboxylic acids is 1. The average molecular weight is 380 g/mol. The van der Waals surface area contributed by atoms with Gasteiger partial charge in [0.25, 0.3) is 6.47 Å². The molecule has 0 bridgehead atoms. The van der Waals surface area contributed by atoms with Crippen LogP contribution >= 0.6 is 0 Å². The first-order valence-electron chi connectivity index (χ1n) is 8.59. The van der Waals surface area contributed by atoms with Gasteiger partial charge >= 0.3 is 11.9 Å². The molecule has 0 aliphatic rings. The third-order valence-corrected chi connectivity index (χ3v) is 3.98. The number of rotatable bonds is 10. The molecule has 2 rings (SSSR count). The standard InChI is InChI=1S/C22H20O6/c23-15-28-20-12-7-18(8-13-20)4-2-16(9-14-21(24)25)1-3-17-5-10-19(11-6-17)22(26)27/h1-2,4-8,10-13,15H,3,9,14H2,(H,24,25)(H,26,27)/b4-2+,16-1-. The van der Waals surface area contributed by atoms with Crippen molar-refractivity contribution in [1.82, 2.24) is 0 Å². The minimum Gasteiger partial charge on any atom is -0.481 e. The van der Waals surface area contributed by atoms with E-state index in [4.69, 9.17) is 14.9 Å². The molecule has 28 heavy (non-hydrogen) atoms. The predicted octanol–water partition coefficient (Wildman–Crippen LogP) is 3.97. The quantitative estimate of drug-likeness (QED) is 0.478. The molecule has 0 fully saturated rings. The highest BCUT2D eigenvalue weighted by molar-refractivity contribution is 5.87. The fourth-order valence-electron chi connectivity index (χ4n) is 2.45. The Morgan fingerprint density at radius 2 is 1.61 bits per heavy atom. The molecule has 0 saturated carbocycles. The number of carboxylic acid groups (broad SMARTS) is 2. The number of carboxylic acids is 2. The average Bonchev–Trinajstić information content (AvgIpc) is 2.69. The van der Waals surface area contributed by atoms with E-state index in [1.807, 2.05) is 18.2 Å². The lowest BCUT2D eigenvalue weighted by molar-refractivity contribution is -0.137. The molecule has 2 aromatic rings. The number of allylic oxidation sites excluding steroid dienone is 3. The van der Waals surface area contributed by atoms with E-state index in [-0.39, 0.29) is 12.0 Å². The van der Waals surface area contributed by atoms with Crippen LogP contribution in [0.4, 0.5) is 0 Å². The number of hydrogen-bond acceptors (Lipinski definition) is 4. The van der Waals surface area contributed by atoms with Crippen LogP contribution in [0.25, 0.3) is 6.08 Å². The maximum Gasteiger partial charge on any atom is 0.335 e. The number of hydrogen-bond donors (Lipinski definition) is 2. The zero-order chi connectivity index (χ0) is 20.4. The van der Waals surface area contributed by atoms with E-state index < -0.39 is 11.9 Å². The molecule has 6 nitrogen and oxygen atoms in total. The van der Waals surface area contributed by atoms with Crippen molar-refractivity contribution in [3.05, 3.63) is 82.9 Å². The van der Waals surface area contributed by atoms with Gasteiger partial charge in [0.1, 0.15) is 5.75 Å². The van der Waals surface area contributed by atoms with Crippen LogP contribution in [0.1, 0.15) is 34.3 Å². The first-order valence-corrected chi connectivity index (χ1v) is 8.59. The molecule has 6 heteroatoms. The van der Waals surface area contributed by atoms with Gasteiger partial charge in [-0.3, -0.25) is 9.59 Å². The Bertz CT molecular complexity index is 876. The van der Waals surface area contributed by atoms with Crippen LogP contribution in [0, 0.1) is 0 Å². The van der Waals surface area contributed by atoms with Crippen LogP contribution in [0.5, 0.6) is 5.75 Å². The maximum absolute atomic E-state index is 10.9. The summed E-state index contributed by atoms with van der Waals surface area (Å²) < 4.78 is 4.74. The molecular weight excluding hydrogens is 360 g/mol. The van der Waals surface area contributed by atoms with Crippen molar-refractivity contribution < 1.29 is 29.3 Å². The molecule has 0 unspecified atom stereocenters. The van der Waals surface area contributed by atoms with Gasteiger partial charge in [0.2, 0.25) is 0 Å². The minimum absolute atomic E-state index is 0.0141. The van der Waals surface area contributed by atoms with Crippen molar-refractivity contribution in [3.8, 4) is 5.75 Å². The van der Waals surface area contributed by atoms with Crippen molar-refractivity contribution in [2.45, 2.75) is 19.3 Å². The maximum atomic E-state index is 10.9. The van der Waals surface area contributed by atoms with E-state index >= 15 is 0 Å². The summed E-state index contributed by atoms with van der Waals surface area (Å²) in [5.74, 6) is -1.41. The van der Waals surface area contributed by atoms with E-state index in [1.165, 1.54) is 0 Å². The Morgan fingerprint density at radius 3 is 2.18 bits per heavy atom. The van der Waals surface area contributed by atoms with Crippen LogP contribution in [0.15, 0.2) is 66.3 Å². The molecule has 0 aliphatic carbocycles. The number of ether oxygens (including phenoxy) is 1. The highest BCUT2D eigenvalue weighted by atomic mass is 16.5. The lowest BCUT2D eigenvalue weighted by Crippen LogP contribution is -1.96. The highest BCUT2D eigenvalue weighted by Crippen LogP contribution is 2.16. The molecule has 0 atom stereocenters. The number of carbonyl (C=O) groups excluding carboxylic acids is 1. The summed E-state index contributed by atoms with van der Waals surface area (Å²) in [4.78, 5) is 32.1. The molecule has 0 saturated heterocycles. The third-order valence-electron chi connectivity index (χ3n) is 3.98. The Kier molecular flexibility index (Phi) is 7.72. The second-order valence-electron chi connectivity index (χ2n) is 6.00. The zero-order valence-electron chi connectivity index (χ0n) is 15.1. The van der Waals surface area contributed by atoms with Crippen molar-refractivity contribution in [2.24, 2.45) is 0 Å². The van der Waals surface area contributed by atoms with Gasteiger partial charge in [-0.15, -0.1) is 0 Å². The van der Waals surface area contributed by atoms with Gasteiger partial charge in [-0.2, -0.15) is 0 Å². The normalized spacial score (nSPS) is 11.4. The van der Waals surface area contributed by atoms with E-state index in [0.717, 1.165) is 16.7 Å². The summed E-state index contributed by atoms with van der Waals surface area (Å²) >= 11 is 0. The zero-order valence-corrected chi connectivity index (χ0v) is 15.1. The molecule has 0 radical (unpaired) electrons. The van der Waals surface area contributed by atoms with E-state index in [0.29, 0.717) is 25.1 Å². The summed E-state index contributed by atoms with van der Waals surface area (Å²) in [5.41, 5.74) is 2.89. The molecular formula is C22H20O6. The second kappa shape index (κ2) is 10.5. The monoisotopic (exact) mass is 380 g/mol. The van der Waals surface area contributed by atoms with Gasteiger partial charge < -0.3 is 14.9 Å². The van der Waals surface area contributed by atoms with Crippen molar-refractivity contribution in [2.75, 3.05) is 0 Å². The Balaban J connectivity index is 2.11. The summed E-state index contributed by atoms with van der Waals surface area (Å²) in [5, 5.41) is 17.9. The van der Waals surface area contributed by atoms with Crippen LogP contribution < -0.4 is 4.74 Å². The number of carbonyl (C=O) groups is 3. The van der Waals surface area contributed by atoms with Crippen LogP contribution in [-0.4, -0.2) is 28.6 Å². The van der Waals surface area contributed by atoms with Gasteiger partial charge in [0, 0.05) is 6.42 Å². The summed E-state index contributed by atoms with van der Waals surface area (Å²) in [7, 11) is 0. The first-order chi connectivity index (χ1) is 13.5. The first kappa shape index (κ1) is 20.6. The van der Waals surface area contributed by atoms with Crippen LogP contribution in [0.2, 0.25) is 0 Å². The molecule has 0 aromatic heterocycles. The molecule has 0 heterocycles. The molecule has 0 amide bonds. The summed E-state index contributed by atoms with van der Waals surface area (Å²) in [6, 6.07) is 13.5. The van der Waals surface area contributed by atoms with E-state index in [1.54, 1.807) is 48.5 Å². The second-order valence-corrected chi connectivity index (χ2v) is 6.00. The van der Waals surface area contributed by atoms with Gasteiger partial charge in [-0.05, 0) is 48.2 Å². The highest BCUT2D eigenvalue weighted by Gasteiger charge is 2.03. The molecule has 2 N–H and O–H groups in total. The SMILES string of the molecule is O=COc1ccc(/C=C/C(=C/Cc2ccc(C(=O)O)cc2)CCC(=O)O)cc1. The largest absolute Gasteiger partial charge is 0.481 e. The van der Waals surface area contributed by atoms with E-state index in [9.17, 15) is 14.4 Å².